The van der Waals surface area contributed by atoms with Crippen molar-refractivity contribution in [2.45, 2.75) is 38.8 Å². The lowest BCUT2D eigenvalue weighted by molar-refractivity contribution is -0.387. The van der Waals surface area contributed by atoms with E-state index >= 15 is 0 Å². The van der Waals surface area contributed by atoms with Gasteiger partial charge in [0.2, 0.25) is 5.82 Å². The van der Waals surface area contributed by atoms with Gasteiger partial charge in [0.1, 0.15) is 0 Å². The average molecular weight is 252 g/mol. The van der Waals surface area contributed by atoms with Crippen molar-refractivity contribution in [2.24, 2.45) is 0 Å². The molecule has 18 heavy (non-hydrogen) atoms. The van der Waals surface area contributed by atoms with Gasteiger partial charge >= 0.3 is 5.69 Å². The summed E-state index contributed by atoms with van der Waals surface area (Å²) in [6.45, 7) is 3.51. The highest BCUT2D eigenvalue weighted by atomic mass is 19.1. The number of nitrogens with zero attached hydrogens (tertiary/aromatic N) is 2. The van der Waals surface area contributed by atoms with Crippen LogP contribution in [0.2, 0.25) is 0 Å². The van der Waals surface area contributed by atoms with E-state index in [0.29, 0.717) is 18.2 Å². The van der Waals surface area contributed by atoms with E-state index in [1.165, 1.54) is 12.5 Å². The Bertz CT molecular complexity index is 451. The molecule has 4 nitrogen and oxygen atoms in total. The molecule has 0 aromatic heterocycles. The lowest BCUT2D eigenvalue weighted by Gasteiger charge is -2.33. The van der Waals surface area contributed by atoms with E-state index in [2.05, 4.69) is 11.8 Å². The van der Waals surface area contributed by atoms with Gasteiger partial charge in [-0.1, -0.05) is 18.6 Å². The molecule has 0 radical (unpaired) electrons. The first-order valence-corrected chi connectivity index (χ1v) is 6.25. The number of benzene rings is 1. The number of piperidine rings is 1. The van der Waals surface area contributed by atoms with Gasteiger partial charge in [0, 0.05) is 24.2 Å². The van der Waals surface area contributed by atoms with Crippen molar-refractivity contribution in [2.75, 3.05) is 6.54 Å². The first-order chi connectivity index (χ1) is 8.59. The Labute approximate surface area is 106 Å². The zero-order valence-electron chi connectivity index (χ0n) is 10.4. The van der Waals surface area contributed by atoms with E-state index in [-0.39, 0.29) is 0 Å². The molecule has 0 saturated carbocycles. The quantitative estimate of drug-likeness (QED) is 0.613. The molecule has 1 heterocycles. The summed E-state index contributed by atoms with van der Waals surface area (Å²) < 4.78 is 13.9. The Balaban J connectivity index is 2.18. The molecule has 1 aliphatic rings. The SMILES string of the molecule is CC1CCCCN1Cc1cccc([N+](=O)[O-])c1F. The molecule has 2 rings (SSSR count). The Morgan fingerprint density at radius 3 is 2.94 bits per heavy atom. The topological polar surface area (TPSA) is 46.4 Å². The third kappa shape index (κ3) is 2.67. The standard InChI is InChI=1S/C13H17FN2O2/c1-10-5-2-3-8-15(10)9-11-6-4-7-12(13(11)14)16(17)18/h4,6-7,10H,2-3,5,8-9H2,1H3. The molecular formula is C13H17FN2O2. The molecule has 1 aromatic carbocycles. The molecule has 0 N–H and O–H groups in total. The van der Waals surface area contributed by atoms with Crippen LogP contribution in [-0.4, -0.2) is 22.4 Å². The number of nitro groups is 1. The van der Waals surface area contributed by atoms with Crippen LogP contribution in [-0.2, 0) is 6.54 Å². The van der Waals surface area contributed by atoms with Gasteiger partial charge in [-0.15, -0.1) is 0 Å². The van der Waals surface area contributed by atoms with Crippen LogP contribution < -0.4 is 0 Å². The van der Waals surface area contributed by atoms with Crippen molar-refractivity contribution in [1.82, 2.24) is 4.90 Å². The van der Waals surface area contributed by atoms with Crippen molar-refractivity contribution in [3.05, 3.63) is 39.7 Å². The fraction of sp³-hybridized carbons (Fsp3) is 0.538. The van der Waals surface area contributed by atoms with E-state index < -0.39 is 16.4 Å². The normalized spacial score (nSPS) is 20.9. The number of halogens is 1. The largest absolute Gasteiger partial charge is 0.305 e. The molecule has 0 aliphatic carbocycles. The molecule has 0 amide bonds. The highest BCUT2D eigenvalue weighted by molar-refractivity contribution is 5.36. The Morgan fingerprint density at radius 1 is 1.50 bits per heavy atom. The maximum Gasteiger partial charge on any atom is 0.305 e. The van der Waals surface area contributed by atoms with E-state index in [1.807, 2.05) is 0 Å². The number of hydrogen-bond donors (Lipinski definition) is 0. The molecule has 1 unspecified atom stereocenters. The summed E-state index contributed by atoms with van der Waals surface area (Å²) in [6, 6.07) is 4.80. The minimum Gasteiger partial charge on any atom is -0.296 e. The van der Waals surface area contributed by atoms with Crippen LogP contribution in [0.1, 0.15) is 31.7 Å². The van der Waals surface area contributed by atoms with Crippen molar-refractivity contribution >= 4 is 5.69 Å². The average Bonchev–Trinajstić information content (AvgIpc) is 2.34. The smallest absolute Gasteiger partial charge is 0.296 e. The Hall–Kier alpha value is -1.49. The summed E-state index contributed by atoms with van der Waals surface area (Å²) in [5, 5.41) is 10.7. The molecule has 1 fully saturated rings. The zero-order valence-corrected chi connectivity index (χ0v) is 10.4. The minimum atomic E-state index is -0.694. The van der Waals surface area contributed by atoms with Gasteiger partial charge in [0.15, 0.2) is 0 Å². The summed E-state index contributed by atoms with van der Waals surface area (Å²) in [5.74, 6) is -0.694. The van der Waals surface area contributed by atoms with Crippen LogP contribution in [0, 0.1) is 15.9 Å². The summed E-state index contributed by atoms with van der Waals surface area (Å²) in [6.07, 6.45) is 3.42. The second kappa shape index (κ2) is 5.44. The van der Waals surface area contributed by atoms with Crippen molar-refractivity contribution in [1.29, 1.82) is 0 Å². The van der Waals surface area contributed by atoms with Crippen LogP contribution in [0.3, 0.4) is 0 Å². The van der Waals surface area contributed by atoms with Gasteiger partial charge < -0.3 is 0 Å². The first-order valence-electron chi connectivity index (χ1n) is 6.25. The molecule has 1 aromatic rings. The van der Waals surface area contributed by atoms with Crippen LogP contribution in [0.25, 0.3) is 0 Å². The minimum absolute atomic E-state index is 0.414. The first kappa shape index (κ1) is 13.0. The summed E-state index contributed by atoms with van der Waals surface area (Å²) >= 11 is 0. The number of nitro benzene ring substituents is 1. The van der Waals surface area contributed by atoms with Crippen LogP contribution in [0.4, 0.5) is 10.1 Å². The zero-order chi connectivity index (χ0) is 13.1. The van der Waals surface area contributed by atoms with Crippen LogP contribution in [0.15, 0.2) is 18.2 Å². The molecule has 1 saturated heterocycles. The van der Waals surface area contributed by atoms with E-state index in [1.54, 1.807) is 12.1 Å². The van der Waals surface area contributed by atoms with E-state index in [9.17, 15) is 14.5 Å². The Morgan fingerprint density at radius 2 is 2.28 bits per heavy atom. The monoisotopic (exact) mass is 252 g/mol. The summed E-state index contributed by atoms with van der Waals surface area (Å²) in [5.41, 5.74) is -0.0184. The molecule has 0 spiro atoms. The van der Waals surface area contributed by atoms with Crippen LogP contribution in [0.5, 0.6) is 0 Å². The summed E-state index contributed by atoms with van der Waals surface area (Å²) in [4.78, 5) is 12.2. The molecule has 1 atom stereocenters. The van der Waals surface area contributed by atoms with Gasteiger partial charge in [0.05, 0.1) is 4.92 Å². The van der Waals surface area contributed by atoms with Crippen molar-refractivity contribution < 1.29 is 9.31 Å². The maximum atomic E-state index is 13.9. The van der Waals surface area contributed by atoms with Crippen molar-refractivity contribution in [3.8, 4) is 0 Å². The molecule has 5 heteroatoms. The molecular weight excluding hydrogens is 235 g/mol. The Kier molecular flexibility index (Phi) is 3.91. The summed E-state index contributed by atoms with van der Waals surface area (Å²) in [7, 11) is 0. The second-order valence-corrected chi connectivity index (χ2v) is 4.82. The molecule has 0 bridgehead atoms. The maximum absolute atomic E-state index is 13.9. The molecule has 98 valence electrons. The van der Waals surface area contributed by atoms with Crippen LogP contribution >= 0.6 is 0 Å². The fourth-order valence-corrected chi connectivity index (χ4v) is 2.44. The van der Waals surface area contributed by atoms with E-state index in [0.717, 1.165) is 19.4 Å². The second-order valence-electron chi connectivity index (χ2n) is 4.82. The predicted molar refractivity (Wildman–Crippen MR) is 66.8 cm³/mol. The van der Waals surface area contributed by atoms with Gasteiger partial charge in [-0.3, -0.25) is 15.0 Å². The fourth-order valence-electron chi connectivity index (χ4n) is 2.44. The third-order valence-electron chi connectivity index (χ3n) is 3.57. The van der Waals surface area contributed by atoms with Crippen molar-refractivity contribution in [3.63, 3.8) is 0 Å². The lowest BCUT2D eigenvalue weighted by Crippen LogP contribution is -2.37. The van der Waals surface area contributed by atoms with Gasteiger partial charge in [-0.05, 0) is 26.3 Å². The van der Waals surface area contributed by atoms with Gasteiger partial charge in [-0.25, -0.2) is 0 Å². The lowest BCUT2D eigenvalue weighted by atomic mass is 10.0. The molecule has 1 aliphatic heterocycles. The number of rotatable bonds is 3. The predicted octanol–water partition coefficient (Wildman–Crippen LogP) is 3.11. The van der Waals surface area contributed by atoms with Gasteiger partial charge in [0.25, 0.3) is 0 Å². The van der Waals surface area contributed by atoms with Gasteiger partial charge in [-0.2, -0.15) is 4.39 Å². The third-order valence-corrected chi connectivity index (χ3v) is 3.57. The highest BCUT2D eigenvalue weighted by Gasteiger charge is 2.22. The van der Waals surface area contributed by atoms with E-state index in [4.69, 9.17) is 0 Å². The highest BCUT2D eigenvalue weighted by Crippen LogP contribution is 2.24. The number of hydrogen-bond acceptors (Lipinski definition) is 3. The number of likely N-dealkylation sites (tertiary alicyclic amines) is 1.